The third-order valence-electron chi connectivity index (χ3n) is 7.37. The molecule has 0 spiro atoms. The summed E-state index contributed by atoms with van der Waals surface area (Å²) in [6.45, 7) is 1.93. The first-order valence-electron chi connectivity index (χ1n) is 12.0. The SMILES string of the molecule is CN(C)C(=O)[C@@H]1CN(C(=O)c2ccccc2)C[C@H]1C1CCN(c2ccc(C#N)c(C(F)(F)F)c2)CC1. The highest BCUT2D eigenvalue weighted by molar-refractivity contribution is 5.95. The van der Waals surface area contributed by atoms with Crippen LogP contribution in [0, 0.1) is 29.1 Å². The number of benzene rings is 2. The van der Waals surface area contributed by atoms with Gasteiger partial charge in [-0.15, -0.1) is 0 Å². The van der Waals surface area contributed by atoms with Crippen LogP contribution in [-0.2, 0) is 11.0 Å². The van der Waals surface area contributed by atoms with Crippen molar-refractivity contribution in [1.82, 2.24) is 9.80 Å². The zero-order valence-electron chi connectivity index (χ0n) is 20.3. The summed E-state index contributed by atoms with van der Waals surface area (Å²) in [7, 11) is 3.43. The summed E-state index contributed by atoms with van der Waals surface area (Å²) in [6, 6.07) is 14.5. The molecule has 6 nitrogen and oxygen atoms in total. The molecule has 190 valence electrons. The van der Waals surface area contributed by atoms with E-state index in [4.69, 9.17) is 5.26 Å². The van der Waals surface area contributed by atoms with Gasteiger partial charge in [-0.1, -0.05) is 18.2 Å². The Kier molecular flexibility index (Phi) is 7.25. The second-order valence-electron chi connectivity index (χ2n) is 9.74. The molecule has 2 fully saturated rings. The zero-order valence-corrected chi connectivity index (χ0v) is 20.3. The van der Waals surface area contributed by atoms with E-state index in [9.17, 15) is 22.8 Å². The molecule has 2 atom stereocenters. The van der Waals surface area contributed by atoms with Gasteiger partial charge < -0.3 is 14.7 Å². The first-order chi connectivity index (χ1) is 17.1. The van der Waals surface area contributed by atoms with E-state index in [-0.39, 0.29) is 35.1 Å². The Balaban J connectivity index is 1.49. The molecule has 2 aromatic rings. The highest BCUT2D eigenvalue weighted by atomic mass is 19.4. The lowest BCUT2D eigenvalue weighted by molar-refractivity contribution is -0.137. The Bertz CT molecular complexity index is 1150. The van der Waals surface area contributed by atoms with Crippen molar-refractivity contribution in [1.29, 1.82) is 5.26 Å². The number of halogens is 3. The fourth-order valence-electron chi connectivity index (χ4n) is 5.48. The average molecular weight is 499 g/mol. The number of anilines is 1. The van der Waals surface area contributed by atoms with Gasteiger partial charge in [-0.2, -0.15) is 18.4 Å². The molecular weight excluding hydrogens is 469 g/mol. The van der Waals surface area contributed by atoms with Gasteiger partial charge in [0.25, 0.3) is 5.91 Å². The van der Waals surface area contributed by atoms with Crippen molar-refractivity contribution in [3.63, 3.8) is 0 Å². The number of carbonyl (C=O) groups is 2. The summed E-state index contributed by atoms with van der Waals surface area (Å²) < 4.78 is 40.3. The monoisotopic (exact) mass is 498 g/mol. The van der Waals surface area contributed by atoms with E-state index in [1.165, 1.54) is 6.07 Å². The topological polar surface area (TPSA) is 67.7 Å². The Morgan fingerprint density at radius 1 is 1.03 bits per heavy atom. The zero-order chi connectivity index (χ0) is 26.0. The molecular formula is C27H29F3N4O2. The minimum atomic E-state index is -4.60. The van der Waals surface area contributed by atoms with E-state index in [2.05, 4.69) is 0 Å². The Hall–Kier alpha value is -3.54. The lowest BCUT2D eigenvalue weighted by atomic mass is 9.78. The van der Waals surface area contributed by atoms with Gasteiger partial charge in [0.15, 0.2) is 0 Å². The van der Waals surface area contributed by atoms with Crippen LogP contribution in [0.25, 0.3) is 0 Å². The van der Waals surface area contributed by atoms with Gasteiger partial charge in [0, 0.05) is 51.5 Å². The number of carbonyl (C=O) groups excluding carboxylic acids is 2. The van der Waals surface area contributed by atoms with Crippen molar-refractivity contribution in [2.45, 2.75) is 19.0 Å². The summed E-state index contributed by atoms with van der Waals surface area (Å²) >= 11 is 0. The smallest absolute Gasteiger partial charge is 0.372 e. The maximum absolute atomic E-state index is 13.4. The Morgan fingerprint density at radius 3 is 2.28 bits per heavy atom. The van der Waals surface area contributed by atoms with Gasteiger partial charge >= 0.3 is 6.18 Å². The van der Waals surface area contributed by atoms with Crippen molar-refractivity contribution in [3.05, 3.63) is 65.2 Å². The highest BCUT2D eigenvalue weighted by Crippen LogP contribution is 2.39. The second-order valence-corrected chi connectivity index (χ2v) is 9.74. The number of nitrogens with zero attached hydrogens (tertiary/aromatic N) is 4. The summed E-state index contributed by atoms with van der Waals surface area (Å²) in [5, 5.41) is 9.06. The molecule has 36 heavy (non-hydrogen) atoms. The third kappa shape index (κ3) is 5.18. The lowest BCUT2D eigenvalue weighted by Gasteiger charge is -2.38. The van der Waals surface area contributed by atoms with Crippen molar-refractivity contribution in [3.8, 4) is 6.07 Å². The van der Waals surface area contributed by atoms with Crippen molar-refractivity contribution in [2.75, 3.05) is 45.2 Å². The molecule has 9 heteroatoms. The predicted octanol–water partition coefficient (Wildman–Crippen LogP) is 4.27. The molecule has 2 aliphatic rings. The first-order valence-corrected chi connectivity index (χ1v) is 12.0. The molecule has 0 bridgehead atoms. The van der Waals surface area contributed by atoms with Gasteiger partial charge in [0.1, 0.15) is 0 Å². The van der Waals surface area contributed by atoms with Crippen LogP contribution < -0.4 is 4.90 Å². The van der Waals surface area contributed by atoms with Crippen molar-refractivity contribution in [2.24, 2.45) is 17.8 Å². The largest absolute Gasteiger partial charge is 0.417 e. The highest BCUT2D eigenvalue weighted by Gasteiger charge is 2.44. The lowest BCUT2D eigenvalue weighted by Crippen LogP contribution is -2.41. The van der Waals surface area contributed by atoms with E-state index < -0.39 is 11.7 Å². The van der Waals surface area contributed by atoms with Gasteiger partial charge in [-0.25, -0.2) is 0 Å². The maximum Gasteiger partial charge on any atom is 0.417 e. The number of alkyl halides is 3. The molecule has 0 aromatic heterocycles. The van der Waals surface area contributed by atoms with E-state index in [1.807, 2.05) is 23.1 Å². The van der Waals surface area contributed by atoms with Gasteiger partial charge in [-0.3, -0.25) is 9.59 Å². The molecule has 2 heterocycles. The van der Waals surface area contributed by atoms with Gasteiger partial charge in [-0.05, 0) is 55.0 Å². The summed E-state index contributed by atoms with van der Waals surface area (Å²) in [4.78, 5) is 31.3. The number of hydrogen-bond acceptors (Lipinski definition) is 4. The number of piperidine rings is 1. The molecule has 0 N–H and O–H groups in total. The van der Waals surface area contributed by atoms with Gasteiger partial charge in [0.05, 0.1) is 23.1 Å². The summed E-state index contributed by atoms with van der Waals surface area (Å²) in [6.07, 6.45) is -3.19. The van der Waals surface area contributed by atoms with E-state index >= 15 is 0 Å². The van der Waals surface area contributed by atoms with E-state index in [0.717, 1.165) is 6.07 Å². The van der Waals surface area contributed by atoms with Crippen LogP contribution in [-0.4, -0.2) is 61.9 Å². The molecule has 2 amide bonds. The second kappa shape index (κ2) is 10.2. The van der Waals surface area contributed by atoms with Crippen LogP contribution in [0.2, 0.25) is 0 Å². The predicted molar refractivity (Wildman–Crippen MR) is 129 cm³/mol. The summed E-state index contributed by atoms with van der Waals surface area (Å²) in [5.41, 5.74) is -0.286. The Morgan fingerprint density at radius 2 is 1.69 bits per heavy atom. The number of hydrogen-bond donors (Lipinski definition) is 0. The van der Waals surface area contributed by atoms with Crippen LogP contribution in [0.5, 0.6) is 0 Å². The normalized spacial score (nSPS) is 20.8. The summed E-state index contributed by atoms with van der Waals surface area (Å²) in [5.74, 6) is -0.251. The standard InChI is InChI=1S/C27H29F3N4O2/c1-32(2)26(36)23-17-34(25(35)19-6-4-3-5-7-19)16-22(23)18-10-12-33(13-11-18)21-9-8-20(15-31)24(14-21)27(28,29)30/h3-9,14,18,22-23H,10-13,16-17H2,1-2H3/t22-,23+/m0/s1. The number of amides is 2. The van der Waals surface area contributed by atoms with Crippen LogP contribution >= 0.6 is 0 Å². The fourth-order valence-corrected chi connectivity index (χ4v) is 5.48. The number of rotatable bonds is 4. The van der Waals surface area contributed by atoms with Crippen LogP contribution in [0.3, 0.4) is 0 Å². The van der Waals surface area contributed by atoms with Crippen molar-refractivity contribution < 1.29 is 22.8 Å². The molecule has 2 aliphatic heterocycles. The van der Waals surface area contributed by atoms with Gasteiger partial charge in [0.2, 0.25) is 5.91 Å². The van der Waals surface area contributed by atoms with E-state index in [1.54, 1.807) is 48.2 Å². The molecule has 2 saturated heterocycles. The van der Waals surface area contributed by atoms with E-state index in [0.29, 0.717) is 50.3 Å². The average Bonchev–Trinajstić information content (AvgIpc) is 3.32. The number of likely N-dealkylation sites (tertiary alicyclic amines) is 1. The molecule has 0 aliphatic carbocycles. The van der Waals surface area contributed by atoms with Crippen LogP contribution in [0.1, 0.15) is 34.3 Å². The quantitative estimate of drug-likeness (QED) is 0.632. The minimum absolute atomic E-state index is 0.00676. The van der Waals surface area contributed by atoms with Crippen LogP contribution in [0.15, 0.2) is 48.5 Å². The fraction of sp³-hybridized carbons (Fsp3) is 0.444. The first kappa shape index (κ1) is 25.5. The molecule has 4 rings (SSSR count). The minimum Gasteiger partial charge on any atom is -0.372 e. The molecule has 2 aromatic carbocycles. The molecule has 0 unspecified atom stereocenters. The third-order valence-corrected chi connectivity index (χ3v) is 7.37. The molecule has 0 radical (unpaired) electrons. The Labute approximate surface area is 208 Å². The maximum atomic E-state index is 13.4. The number of nitriles is 1. The van der Waals surface area contributed by atoms with Crippen LogP contribution in [0.4, 0.5) is 18.9 Å². The molecule has 0 saturated carbocycles. The van der Waals surface area contributed by atoms with Crippen molar-refractivity contribution >= 4 is 17.5 Å².